The zero-order chi connectivity index (χ0) is 37.5. The highest BCUT2D eigenvalue weighted by atomic mass is 16.3. The lowest BCUT2D eigenvalue weighted by atomic mass is 9.99. The van der Waals surface area contributed by atoms with Crippen molar-refractivity contribution in [1.29, 1.82) is 0 Å². The summed E-state index contributed by atoms with van der Waals surface area (Å²) in [5.74, 6) is 1.82. The minimum absolute atomic E-state index is 0.581. The summed E-state index contributed by atoms with van der Waals surface area (Å²) < 4.78 is 15.8. The minimum Gasteiger partial charge on any atom is -0.455 e. The van der Waals surface area contributed by atoms with E-state index in [-0.39, 0.29) is 0 Å². The van der Waals surface area contributed by atoms with Crippen molar-refractivity contribution >= 4 is 65.7 Å². The maximum absolute atomic E-state index is 6.79. The van der Waals surface area contributed by atoms with Gasteiger partial charge in [0.05, 0.1) is 11.0 Å². The van der Waals surface area contributed by atoms with Crippen molar-refractivity contribution in [2.75, 3.05) is 0 Å². The van der Waals surface area contributed by atoms with Gasteiger partial charge in [0.1, 0.15) is 22.3 Å². The topological polar surface area (TPSA) is 69.9 Å². The number of benzene rings is 8. The molecule has 0 amide bonds. The molecule has 6 heteroatoms. The Labute approximate surface area is 325 Å². The van der Waals surface area contributed by atoms with Crippen LogP contribution >= 0.6 is 0 Å². The first-order chi connectivity index (χ1) is 28.2. The fourth-order valence-corrected chi connectivity index (χ4v) is 8.43. The molecule has 0 aliphatic heterocycles. The Bertz CT molecular complexity index is 3410. The van der Waals surface area contributed by atoms with Crippen LogP contribution in [0.25, 0.3) is 117 Å². The molecule has 0 fully saturated rings. The van der Waals surface area contributed by atoms with Crippen molar-refractivity contribution in [3.63, 3.8) is 0 Å². The highest BCUT2D eigenvalue weighted by molar-refractivity contribution is 6.16. The third-order valence-corrected chi connectivity index (χ3v) is 11.1. The van der Waals surface area contributed by atoms with Crippen LogP contribution in [-0.4, -0.2) is 19.5 Å². The first-order valence-electron chi connectivity index (χ1n) is 19.0. The maximum atomic E-state index is 6.79. The van der Waals surface area contributed by atoms with Crippen molar-refractivity contribution in [3.8, 4) is 51.0 Å². The van der Waals surface area contributed by atoms with Gasteiger partial charge in [-0.25, -0.2) is 15.0 Å². The van der Waals surface area contributed by atoms with Gasteiger partial charge in [-0.05, 0) is 42.5 Å². The van der Waals surface area contributed by atoms with Crippen LogP contribution in [0.5, 0.6) is 0 Å². The van der Waals surface area contributed by atoms with Crippen molar-refractivity contribution in [3.05, 3.63) is 182 Å². The molecule has 6 nitrogen and oxygen atoms in total. The van der Waals surface area contributed by atoms with Crippen LogP contribution in [0.4, 0.5) is 0 Å². The SMILES string of the molecule is c1ccc(-c2nc(-c3ccccc3)nc(-c3ccc4c(c3)oc3c(-c5cccc6c5oc5ccc(-n7c8ccccc8c8ccccc87)cc56)cccc34)n2)cc1. The van der Waals surface area contributed by atoms with Crippen molar-refractivity contribution < 1.29 is 8.83 Å². The largest absolute Gasteiger partial charge is 0.455 e. The lowest BCUT2D eigenvalue weighted by molar-refractivity contribution is 0.665. The Morgan fingerprint density at radius 3 is 1.46 bits per heavy atom. The van der Waals surface area contributed by atoms with Gasteiger partial charge in [-0.1, -0.05) is 140 Å². The van der Waals surface area contributed by atoms with Gasteiger partial charge in [-0.3, -0.25) is 0 Å². The average molecular weight is 731 g/mol. The lowest BCUT2D eigenvalue weighted by Crippen LogP contribution is -2.00. The van der Waals surface area contributed by atoms with Crippen LogP contribution in [0.15, 0.2) is 191 Å². The molecule has 4 aromatic heterocycles. The van der Waals surface area contributed by atoms with Crippen LogP contribution in [0, 0.1) is 0 Å². The lowest BCUT2D eigenvalue weighted by Gasteiger charge is -2.08. The van der Waals surface area contributed by atoms with Gasteiger partial charge < -0.3 is 13.4 Å². The van der Waals surface area contributed by atoms with Crippen molar-refractivity contribution in [2.24, 2.45) is 0 Å². The number of fused-ring (bicyclic) bond motifs is 9. The van der Waals surface area contributed by atoms with Gasteiger partial charge in [-0.2, -0.15) is 0 Å². The van der Waals surface area contributed by atoms with Crippen LogP contribution in [-0.2, 0) is 0 Å². The Kier molecular flexibility index (Phi) is 6.83. The number of nitrogens with zero attached hydrogens (tertiary/aromatic N) is 4. The Hall–Kier alpha value is -7.83. The van der Waals surface area contributed by atoms with Crippen LogP contribution < -0.4 is 0 Å². The van der Waals surface area contributed by atoms with Gasteiger partial charge in [0.15, 0.2) is 17.5 Å². The molecule has 12 rings (SSSR count). The second-order valence-corrected chi connectivity index (χ2v) is 14.4. The van der Waals surface area contributed by atoms with Gasteiger partial charge in [0.25, 0.3) is 0 Å². The Balaban J connectivity index is 0.996. The molecule has 0 radical (unpaired) electrons. The summed E-state index contributed by atoms with van der Waals surface area (Å²) in [7, 11) is 0. The highest BCUT2D eigenvalue weighted by Crippen LogP contribution is 2.42. The third-order valence-electron chi connectivity index (χ3n) is 11.1. The van der Waals surface area contributed by atoms with Gasteiger partial charge >= 0.3 is 0 Å². The number of furan rings is 2. The Morgan fingerprint density at radius 1 is 0.333 bits per heavy atom. The number of rotatable bonds is 5. The van der Waals surface area contributed by atoms with Gasteiger partial charge in [-0.15, -0.1) is 0 Å². The third kappa shape index (κ3) is 4.94. The molecule has 0 unspecified atom stereocenters. The molecule has 0 atom stereocenters. The second-order valence-electron chi connectivity index (χ2n) is 14.4. The standard InChI is InChI=1S/C51H30N4O2/c1-3-13-31(14-4-1)49-52-50(32-15-5-2-6-16-32)54-51(53-49)33-25-27-37-38-19-11-20-39(47(38)57-46(37)29-33)40-21-12-22-41-42-30-34(26-28-45(42)56-48(40)41)55-43-23-9-7-17-35(43)36-18-8-10-24-44(36)55/h1-30H. The van der Waals surface area contributed by atoms with E-state index in [9.17, 15) is 0 Å². The highest BCUT2D eigenvalue weighted by Gasteiger charge is 2.20. The molecule has 0 saturated heterocycles. The molecular formula is C51H30N4O2. The summed E-state index contributed by atoms with van der Waals surface area (Å²) in [6.45, 7) is 0. The summed E-state index contributed by atoms with van der Waals surface area (Å²) in [4.78, 5) is 14.8. The maximum Gasteiger partial charge on any atom is 0.164 e. The first kappa shape index (κ1) is 31.5. The fraction of sp³-hybridized carbons (Fsp3) is 0. The zero-order valence-electron chi connectivity index (χ0n) is 30.4. The quantitative estimate of drug-likeness (QED) is 0.176. The molecule has 0 aliphatic rings. The molecular weight excluding hydrogens is 701 g/mol. The number of hydrogen-bond acceptors (Lipinski definition) is 5. The monoisotopic (exact) mass is 730 g/mol. The molecule has 0 bridgehead atoms. The number of para-hydroxylation sites is 4. The average Bonchev–Trinajstić information content (AvgIpc) is 3.96. The fourth-order valence-electron chi connectivity index (χ4n) is 8.43. The second kappa shape index (κ2) is 12.3. The molecule has 0 saturated carbocycles. The normalized spacial score (nSPS) is 11.9. The molecule has 266 valence electrons. The van der Waals surface area contributed by atoms with E-state index in [0.29, 0.717) is 17.5 Å². The molecule has 57 heavy (non-hydrogen) atoms. The summed E-state index contributed by atoms with van der Waals surface area (Å²) >= 11 is 0. The van der Waals surface area contributed by atoms with Crippen LogP contribution in [0.1, 0.15) is 0 Å². The van der Waals surface area contributed by atoms with E-state index in [2.05, 4.69) is 120 Å². The first-order valence-corrected chi connectivity index (χ1v) is 19.0. The van der Waals surface area contributed by atoms with Crippen molar-refractivity contribution in [2.45, 2.75) is 0 Å². The number of aromatic nitrogens is 4. The summed E-state index contributed by atoms with van der Waals surface area (Å²) in [5, 5.41) is 6.64. The molecule has 8 aromatic carbocycles. The van der Waals surface area contributed by atoms with Gasteiger partial charge in [0.2, 0.25) is 0 Å². The van der Waals surface area contributed by atoms with Crippen LogP contribution in [0.3, 0.4) is 0 Å². The smallest absolute Gasteiger partial charge is 0.164 e. The molecule has 12 aromatic rings. The van der Waals surface area contributed by atoms with E-state index in [0.717, 1.165) is 77.4 Å². The molecule has 4 heterocycles. The van der Waals surface area contributed by atoms with E-state index in [1.54, 1.807) is 0 Å². The van der Waals surface area contributed by atoms with E-state index in [1.807, 2.05) is 66.7 Å². The zero-order valence-corrected chi connectivity index (χ0v) is 30.4. The Morgan fingerprint density at radius 2 is 0.842 bits per heavy atom. The van der Waals surface area contributed by atoms with E-state index >= 15 is 0 Å². The van der Waals surface area contributed by atoms with Crippen molar-refractivity contribution in [1.82, 2.24) is 19.5 Å². The molecule has 0 spiro atoms. The van der Waals surface area contributed by atoms with E-state index < -0.39 is 0 Å². The van der Waals surface area contributed by atoms with Gasteiger partial charge in [0, 0.05) is 65.8 Å². The molecule has 0 aliphatic carbocycles. The predicted molar refractivity (Wildman–Crippen MR) is 230 cm³/mol. The van der Waals surface area contributed by atoms with E-state index in [4.69, 9.17) is 23.8 Å². The summed E-state index contributed by atoms with van der Waals surface area (Å²) in [5.41, 5.74) is 11.3. The van der Waals surface area contributed by atoms with Crippen LogP contribution in [0.2, 0.25) is 0 Å². The molecule has 0 N–H and O–H groups in total. The number of hydrogen-bond donors (Lipinski definition) is 0. The summed E-state index contributed by atoms with van der Waals surface area (Å²) in [6, 6.07) is 62.6. The summed E-state index contributed by atoms with van der Waals surface area (Å²) in [6.07, 6.45) is 0. The minimum atomic E-state index is 0.581. The predicted octanol–water partition coefficient (Wildman–Crippen LogP) is 13.4. The van der Waals surface area contributed by atoms with E-state index in [1.165, 1.54) is 21.8 Å².